The fraction of sp³-hybridized carbons (Fsp3) is 0.323. The molecule has 2 amide bonds. The molecule has 2 aliphatic heterocycles. The molecule has 2 atom stereocenters. The summed E-state index contributed by atoms with van der Waals surface area (Å²) in [6.07, 6.45) is 0.509. The van der Waals surface area contributed by atoms with Crippen molar-refractivity contribution in [2.75, 3.05) is 27.1 Å². The molecule has 0 aliphatic carbocycles. The number of carbonyl (C=O) groups is 2. The Kier molecular flexibility index (Phi) is 8.95. The lowest BCUT2D eigenvalue weighted by Gasteiger charge is -2.28. The maximum Gasteiger partial charge on any atom is 0.337 e. The Balaban J connectivity index is 1.24. The number of hydrogen-bond donors (Lipinski definition) is 4. The molecule has 3 aromatic rings. The molecule has 0 spiro atoms. The number of aliphatic hydroxyl groups is 1. The normalized spacial score (nSPS) is 16.4. The SMILES string of the molecule is CCOc1cc([C@@H]2NC(=O)NC(C)=C2C(=O)OC)ccc1OC[C@@H](O)N/N=C\c1cc(C)n(-c2ccc3c(c2)OCO3)c1C. The van der Waals surface area contributed by atoms with Crippen LogP contribution in [0.2, 0.25) is 0 Å². The van der Waals surface area contributed by atoms with Gasteiger partial charge in [-0.1, -0.05) is 6.07 Å². The first-order chi connectivity index (χ1) is 21.2. The number of aliphatic hydroxyl groups excluding tert-OH is 1. The second-order valence-electron chi connectivity index (χ2n) is 10.1. The highest BCUT2D eigenvalue weighted by Crippen LogP contribution is 2.36. The molecule has 232 valence electrons. The number of hydrazone groups is 1. The van der Waals surface area contributed by atoms with Crippen molar-refractivity contribution >= 4 is 18.2 Å². The van der Waals surface area contributed by atoms with Crippen molar-refractivity contribution in [3.63, 3.8) is 0 Å². The maximum absolute atomic E-state index is 12.5. The Morgan fingerprint density at radius 2 is 1.93 bits per heavy atom. The summed E-state index contributed by atoms with van der Waals surface area (Å²) in [4.78, 5) is 24.6. The van der Waals surface area contributed by atoms with E-state index in [1.165, 1.54) is 7.11 Å². The fourth-order valence-corrected chi connectivity index (χ4v) is 5.15. The van der Waals surface area contributed by atoms with Crippen LogP contribution in [0.4, 0.5) is 4.79 Å². The molecule has 0 bridgehead atoms. The Morgan fingerprint density at radius 1 is 1.14 bits per heavy atom. The van der Waals surface area contributed by atoms with Gasteiger partial charge in [0.2, 0.25) is 6.79 Å². The van der Waals surface area contributed by atoms with Gasteiger partial charge in [-0.15, -0.1) is 0 Å². The number of urea groups is 1. The van der Waals surface area contributed by atoms with Crippen LogP contribution in [0.5, 0.6) is 23.0 Å². The summed E-state index contributed by atoms with van der Waals surface area (Å²) < 4.78 is 29.5. The van der Waals surface area contributed by atoms with E-state index >= 15 is 0 Å². The molecule has 3 heterocycles. The molecule has 0 fully saturated rings. The van der Waals surface area contributed by atoms with Crippen LogP contribution in [-0.4, -0.2) is 61.2 Å². The average Bonchev–Trinajstić information content (AvgIpc) is 3.58. The van der Waals surface area contributed by atoms with Gasteiger partial charge in [0, 0.05) is 34.4 Å². The number of nitrogens with one attached hydrogen (secondary N) is 3. The Bertz CT molecular complexity index is 1630. The van der Waals surface area contributed by atoms with E-state index < -0.39 is 24.3 Å². The van der Waals surface area contributed by atoms with Gasteiger partial charge in [0.05, 0.1) is 31.5 Å². The van der Waals surface area contributed by atoms with Gasteiger partial charge in [-0.2, -0.15) is 5.10 Å². The van der Waals surface area contributed by atoms with Crippen molar-refractivity contribution in [1.29, 1.82) is 0 Å². The van der Waals surface area contributed by atoms with Crippen LogP contribution in [0.15, 0.2) is 58.8 Å². The van der Waals surface area contributed by atoms with Crippen molar-refractivity contribution in [1.82, 2.24) is 20.6 Å². The number of benzene rings is 2. The number of hydrogen-bond acceptors (Lipinski definition) is 10. The highest BCUT2D eigenvalue weighted by atomic mass is 16.7. The van der Waals surface area contributed by atoms with Crippen molar-refractivity contribution < 1.29 is 38.4 Å². The highest BCUT2D eigenvalue weighted by Gasteiger charge is 2.32. The molecular weight excluding hydrogens is 570 g/mol. The molecule has 2 aromatic carbocycles. The third kappa shape index (κ3) is 6.27. The lowest BCUT2D eigenvalue weighted by molar-refractivity contribution is -0.136. The minimum atomic E-state index is -1.13. The molecule has 0 saturated heterocycles. The third-order valence-electron chi connectivity index (χ3n) is 7.18. The lowest BCUT2D eigenvalue weighted by atomic mass is 9.95. The average molecular weight is 606 g/mol. The van der Waals surface area contributed by atoms with Gasteiger partial charge in [0.25, 0.3) is 0 Å². The number of rotatable bonds is 11. The van der Waals surface area contributed by atoms with Crippen molar-refractivity contribution in [2.24, 2.45) is 5.10 Å². The number of methoxy groups -OCH3 is 1. The zero-order valence-corrected chi connectivity index (χ0v) is 25.1. The van der Waals surface area contributed by atoms with E-state index in [1.54, 1.807) is 31.3 Å². The summed E-state index contributed by atoms with van der Waals surface area (Å²) in [6, 6.07) is 11.6. The van der Waals surface area contributed by atoms with E-state index in [2.05, 4.69) is 25.7 Å². The standard InChI is InChI=1S/C31H35N5O8/c1-6-41-25-12-20(29-28(30(38)40-5)18(3)33-31(39)34-29)7-9-23(25)42-15-27(37)35-32-14-21-11-17(2)36(19(21)4)22-8-10-24-26(13-22)44-16-43-24/h7-14,27,29,35,37H,6,15-16H2,1-5H3,(H2,33,34,39)/b32-14-/t27-,29+/m1/s1. The highest BCUT2D eigenvalue weighted by molar-refractivity contribution is 5.95. The van der Waals surface area contributed by atoms with Gasteiger partial charge < -0.3 is 44.0 Å². The van der Waals surface area contributed by atoms with E-state index in [1.807, 2.05) is 45.0 Å². The monoisotopic (exact) mass is 605 g/mol. The molecule has 1 aromatic heterocycles. The van der Waals surface area contributed by atoms with E-state index in [0.717, 1.165) is 28.4 Å². The Morgan fingerprint density at radius 3 is 2.70 bits per heavy atom. The molecule has 0 saturated carbocycles. The van der Waals surface area contributed by atoms with Gasteiger partial charge in [0.1, 0.15) is 6.61 Å². The minimum absolute atomic E-state index is 0.135. The second kappa shape index (κ2) is 13.0. The summed E-state index contributed by atoms with van der Waals surface area (Å²) in [7, 11) is 1.28. The largest absolute Gasteiger partial charge is 0.490 e. The van der Waals surface area contributed by atoms with Crippen molar-refractivity contribution in [3.05, 3.63) is 76.2 Å². The van der Waals surface area contributed by atoms with E-state index in [0.29, 0.717) is 35.1 Å². The summed E-state index contributed by atoms with van der Waals surface area (Å²) >= 11 is 0. The molecule has 13 heteroatoms. The maximum atomic E-state index is 12.5. The summed E-state index contributed by atoms with van der Waals surface area (Å²) in [5.41, 5.74) is 7.73. The van der Waals surface area contributed by atoms with Gasteiger partial charge in [-0.05, 0) is 63.6 Å². The van der Waals surface area contributed by atoms with Crippen molar-refractivity contribution in [2.45, 2.75) is 40.0 Å². The number of carbonyl (C=O) groups excluding carboxylic acids is 2. The van der Waals surface area contributed by atoms with Crippen molar-refractivity contribution in [3.8, 4) is 28.7 Å². The molecule has 0 unspecified atom stereocenters. The number of aromatic nitrogens is 1. The van der Waals surface area contributed by atoms with Crippen LogP contribution in [0.3, 0.4) is 0 Å². The van der Waals surface area contributed by atoms with Gasteiger partial charge in [-0.25, -0.2) is 9.59 Å². The molecule has 44 heavy (non-hydrogen) atoms. The van der Waals surface area contributed by atoms with Crippen LogP contribution in [0.25, 0.3) is 5.69 Å². The number of aryl methyl sites for hydroxylation is 1. The van der Waals surface area contributed by atoms with Gasteiger partial charge >= 0.3 is 12.0 Å². The molecule has 5 rings (SSSR count). The number of amides is 2. The minimum Gasteiger partial charge on any atom is -0.490 e. The van der Waals surface area contributed by atoms with Crippen LogP contribution < -0.4 is 35.0 Å². The smallest absolute Gasteiger partial charge is 0.337 e. The molecular formula is C31H35N5O8. The molecule has 0 radical (unpaired) electrons. The van der Waals surface area contributed by atoms with Gasteiger partial charge in [0.15, 0.2) is 29.2 Å². The lowest BCUT2D eigenvalue weighted by Crippen LogP contribution is -2.45. The van der Waals surface area contributed by atoms with Gasteiger partial charge in [-0.3, -0.25) is 5.43 Å². The zero-order valence-electron chi connectivity index (χ0n) is 25.1. The summed E-state index contributed by atoms with van der Waals surface area (Å²) in [6.45, 7) is 7.85. The second-order valence-corrected chi connectivity index (χ2v) is 10.1. The van der Waals surface area contributed by atoms with E-state index in [9.17, 15) is 14.7 Å². The number of fused-ring (bicyclic) bond motifs is 1. The number of nitrogens with zero attached hydrogens (tertiary/aromatic N) is 2. The Hall–Kier alpha value is -5.17. The topological polar surface area (TPSA) is 154 Å². The first-order valence-corrected chi connectivity index (χ1v) is 14.0. The fourth-order valence-electron chi connectivity index (χ4n) is 5.15. The summed E-state index contributed by atoms with van der Waals surface area (Å²) in [5.74, 6) is 1.61. The van der Waals surface area contributed by atoms with E-state index in [-0.39, 0.29) is 19.0 Å². The Labute approximate surface area is 254 Å². The molecule has 4 N–H and O–H groups in total. The predicted molar refractivity (Wildman–Crippen MR) is 160 cm³/mol. The predicted octanol–water partition coefficient (Wildman–Crippen LogP) is 3.34. The molecule has 2 aliphatic rings. The first kappa shape index (κ1) is 30.3. The van der Waals surface area contributed by atoms with Crippen LogP contribution in [0.1, 0.15) is 42.4 Å². The van der Waals surface area contributed by atoms with Crippen LogP contribution in [0, 0.1) is 13.8 Å². The molecule has 13 nitrogen and oxygen atoms in total. The van der Waals surface area contributed by atoms with Crippen LogP contribution in [-0.2, 0) is 9.53 Å². The van der Waals surface area contributed by atoms with E-state index in [4.69, 9.17) is 23.7 Å². The number of allylic oxidation sites excluding steroid dienone is 1. The van der Waals surface area contributed by atoms with Crippen LogP contribution >= 0.6 is 0 Å². The first-order valence-electron chi connectivity index (χ1n) is 14.0. The third-order valence-corrected chi connectivity index (χ3v) is 7.18. The quantitative estimate of drug-likeness (QED) is 0.112. The zero-order chi connectivity index (χ0) is 31.4. The number of ether oxygens (including phenoxy) is 5. The summed E-state index contributed by atoms with van der Waals surface area (Å²) in [5, 5.41) is 20.1. The number of esters is 1.